The summed E-state index contributed by atoms with van der Waals surface area (Å²) in [5.41, 5.74) is 14.4. The van der Waals surface area contributed by atoms with E-state index in [0.29, 0.717) is 29.0 Å². The number of rotatable bonds is 2. The zero-order valence-corrected chi connectivity index (χ0v) is 12.8. The average molecular weight is 324 g/mol. The van der Waals surface area contributed by atoms with Crippen molar-refractivity contribution in [3.05, 3.63) is 45.1 Å². The first-order valence-corrected chi connectivity index (χ1v) is 7.36. The van der Waals surface area contributed by atoms with Gasteiger partial charge >= 0.3 is 0 Å². The predicted molar refractivity (Wildman–Crippen MR) is 85.1 cm³/mol. The molecule has 0 bridgehead atoms. The van der Waals surface area contributed by atoms with E-state index in [1.54, 1.807) is 0 Å². The second-order valence-electron chi connectivity index (χ2n) is 5.05. The molecule has 1 aliphatic rings. The maximum atomic E-state index is 6.22. The summed E-state index contributed by atoms with van der Waals surface area (Å²) >= 11 is 12.4. The second-order valence-corrected chi connectivity index (χ2v) is 5.87. The minimum atomic E-state index is 0.230. The minimum absolute atomic E-state index is 0.230. The van der Waals surface area contributed by atoms with Crippen LogP contribution in [0.1, 0.15) is 16.8 Å². The molecule has 7 heteroatoms. The number of fused-ring (bicyclic) bond motifs is 1. The van der Waals surface area contributed by atoms with Gasteiger partial charge < -0.3 is 11.5 Å². The lowest BCUT2D eigenvalue weighted by Crippen LogP contribution is -2.32. The van der Waals surface area contributed by atoms with E-state index < -0.39 is 0 Å². The SMILES string of the molecule is Nc1nc(N)c2c(n1)CCN(Cc1c(Cl)cccc1Cl)C2. The molecule has 0 radical (unpaired) electrons. The maximum Gasteiger partial charge on any atom is 0.222 e. The molecule has 0 aliphatic carbocycles. The Labute approximate surface area is 132 Å². The smallest absolute Gasteiger partial charge is 0.222 e. The molecule has 1 aliphatic heterocycles. The van der Waals surface area contributed by atoms with Crippen molar-refractivity contribution in [2.75, 3.05) is 18.0 Å². The summed E-state index contributed by atoms with van der Waals surface area (Å²) in [5.74, 6) is 0.682. The highest BCUT2D eigenvalue weighted by Gasteiger charge is 2.22. The van der Waals surface area contributed by atoms with Crippen LogP contribution in [0.15, 0.2) is 18.2 Å². The molecule has 110 valence electrons. The Morgan fingerprint density at radius 1 is 1.14 bits per heavy atom. The molecule has 0 spiro atoms. The number of nitrogens with zero attached hydrogens (tertiary/aromatic N) is 3. The summed E-state index contributed by atoms with van der Waals surface area (Å²) in [6.07, 6.45) is 0.786. The number of hydrogen-bond donors (Lipinski definition) is 2. The molecule has 21 heavy (non-hydrogen) atoms. The standard InChI is InChI=1S/C14H15Cl2N5/c15-10-2-1-3-11(16)8(10)6-21-5-4-12-9(7-21)13(17)20-14(18)19-12/h1-3H,4-7H2,(H4,17,18,19,20). The third-order valence-electron chi connectivity index (χ3n) is 3.63. The number of anilines is 2. The van der Waals surface area contributed by atoms with Crippen LogP contribution in [0.3, 0.4) is 0 Å². The molecule has 2 heterocycles. The van der Waals surface area contributed by atoms with Gasteiger partial charge in [-0.15, -0.1) is 0 Å². The molecule has 1 aromatic heterocycles. The van der Waals surface area contributed by atoms with Gasteiger partial charge in [0.25, 0.3) is 0 Å². The van der Waals surface area contributed by atoms with E-state index in [-0.39, 0.29) is 5.95 Å². The van der Waals surface area contributed by atoms with Crippen LogP contribution in [0.5, 0.6) is 0 Å². The highest BCUT2D eigenvalue weighted by Crippen LogP contribution is 2.29. The van der Waals surface area contributed by atoms with Crippen molar-refractivity contribution < 1.29 is 0 Å². The molecule has 0 saturated carbocycles. The van der Waals surface area contributed by atoms with Gasteiger partial charge in [0.05, 0.1) is 5.69 Å². The zero-order chi connectivity index (χ0) is 15.0. The zero-order valence-electron chi connectivity index (χ0n) is 11.3. The molecule has 0 amide bonds. The van der Waals surface area contributed by atoms with Gasteiger partial charge in [0.15, 0.2) is 0 Å². The summed E-state index contributed by atoms with van der Waals surface area (Å²) in [6.45, 7) is 2.19. The van der Waals surface area contributed by atoms with Crippen LogP contribution < -0.4 is 11.5 Å². The lowest BCUT2D eigenvalue weighted by molar-refractivity contribution is 0.244. The normalized spacial score (nSPS) is 15.0. The first-order chi connectivity index (χ1) is 10.0. The van der Waals surface area contributed by atoms with Crippen LogP contribution in [0, 0.1) is 0 Å². The van der Waals surface area contributed by atoms with E-state index in [0.717, 1.165) is 29.8 Å². The molecule has 1 aromatic carbocycles. The van der Waals surface area contributed by atoms with Crippen LogP contribution >= 0.6 is 23.2 Å². The molecule has 0 unspecified atom stereocenters. The largest absolute Gasteiger partial charge is 0.383 e. The van der Waals surface area contributed by atoms with Gasteiger partial charge in [0, 0.05) is 47.2 Å². The Bertz CT molecular complexity index is 669. The van der Waals surface area contributed by atoms with Gasteiger partial charge in [-0.1, -0.05) is 29.3 Å². The highest BCUT2D eigenvalue weighted by atomic mass is 35.5. The van der Waals surface area contributed by atoms with Crippen molar-refractivity contribution in [3.63, 3.8) is 0 Å². The fourth-order valence-corrected chi connectivity index (χ4v) is 3.07. The summed E-state index contributed by atoms with van der Waals surface area (Å²) in [4.78, 5) is 10.5. The fraction of sp³-hybridized carbons (Fsp3) is 0.286. The molecular weight excluding hydrogens is 309 g/mol. The Hall–Kier alpha value is -1.56. The van der Waals surface area contributed by atoms with E-state index in [1.807, 2.05) is 18.2 Å². The van der Waals surface area contributed by atoms with Gasteiger partial charge in [0.2, 0.25) is 5.95 Å². The Balaban J connectivity index is 1.84. The van der Waals surface area contributed by atoms with Gasteiger partial charge in [-0.3, -0.25) is 4.90 Å². The second kappa shape index (κ2) is 5.67. The monoisotopic (exact) mass is 323 g/mol. The van der Waals surface area contributed by atoms with Crippen molar-refractivity contribution in [2.24, 2.45) is 0 Å². The topological polar surface area (TPSA) is 81.1 Å². The number of halogens is 2. The van der Waals surface area contributed by atoms with Crippen LogP contribution in [0.4, 0.5) is 11.8 Å². The van der Waals surface area contributed by atoms with Gasteiger partial charge in [-0.25, -0.2) is 4.98 Å². The number of nitrogen functional groups attached to an aromatic ring is 2. The fourth-order valence-electron chi connectivity index (χ4n) is 2.56. The predicted octanol–water partition coefficient (Wildman–Crippen LogP) is 2.51. The van der Waals surface area contributed by atoms with Crippen LogP contribution in [-0.4, -0.2) is 21.4 Å². The first-order valence-electron chi connectivity index (χ1n) is 6.60. The Morgan fingerprint density at radius 2 is 1.86 bits per heavy atom. The van der Waals surface area contributed by atoms with E-state index >= 15 is 0 Å². The van der Waals surface area contributed by atoms with Crippen molar-refractivity contribution in [2.45, 2.75) is 19.5 Å². The van der Waals surface area contributed by atoms with Gasteiger partial charge in [-0.2, -0.15) is 4.98 Å². The van der Waals surface area contributed by atoms with Crippen molar-refractivity contribution in [3.8, 4) is 0 Å². The highest BCUT2D eigenvalue weighted by molar-refractivity contribution is 6.35. The Kier molecular flexibility index (Phi) is 3.89. The van der Waals surface area contributed by atoms with Crippen molar-refractivity contribution in [1.29, 1.82) is 0 Å². The third-order valence-corrected chi connectivity index (χ3v) is 4.34. The molecule has 0 saturated heterocycles. The van der Waals surface area contributed by atoms with Crippen molar-refractivity contribution >= 4 is 35.0 Å². The average Bonchev–Trinajstić information content (AvgIpc) is 2.43. The van der Waals surface area contributed by atoms with E-state index in [9.17, 15) is 0 Å². The Morgan fingerprint density at radius 3 is 2.57 bits per heavy atom. The molecule has 3 rings (SSSR count). The molecule has 2 aromatic rings. The number of aromatic nitrogens is 2. The van der Waals surface area contributed by atoms with Crippen LogP contribution in [0.2, 0.25) is 10.0 Å². The van der Waals surface area contributed by atoms with E-state index in [4.69, 9.17) is 34.7 Å². The molecule has 0 fully saturated rings. The molecule has 4 N–H and O–H groups in total. The lowest BCUT2D eigenvalue weighted by atomic mass is 10.1. The summed E-state index contributed by atoms with van der Waals surface area (Å²) < 4.78 is 0. The number of hydrogen-bond acceptors (Lipinski definition) is 5. The third kappa shape index (κ3) is 2.90. The van der Waals surface area contributed by atoms with Gasteiger partial charge in [-0.05, 0) is 12.1 Å². The lowest BCUT2D eigenvalue weighted by Gasteiger charge is -2.29. The molecular formula is C14H15Cl2N5. The maximum absolute atomic E-state index is 6.22. The summed E-state index contributed by atoms with van der Waals surface area (Å²) in [7, 11) is 0. The first kappa shape index (κ1) is 14.4. The van der Waals surface area contributed by atoms with E-state index in [2.05, 4.69) is 14.9 Å². The van der Waals surface area contributed by atoms with Crippen molar-refractivity contribution in [1.82, 2.24) is 14.9 Å². The number of nitrogens with two attached hydrogens (primary N) is 2. The molecule has 0 atom stereocenters. The summed E-state index contributed by atoms with van der Waals surface area (Å²) in [6, 6.07) is 5.53. The van der Waals surface area contributed by atoms with Crippen LogP contribution in [0.25, 0.3) is 0 Å². The van der Waals surface area contributed by atoms with Gasteiger partial charge in [0.1, 0.15) is 5.82 Å². The molecule has 5 nitrogen and oxygen atoms in total. The van der Waals surface area contributed by atoms with Crippen LogP contribution in [-0.2, 0) is 19.5 Å². The number of benzene rings is 1. The van der Waals surface area contributed by atoms with E-state index in [1.165, 1.54) is 0 Å². The minimum Gasteiger partial charge on any atom is -0.383 e. The summed E-state index contributed by atoms with van der Waals surface area (Å²) in [5, 5.41) is 1.35. The quantitative estimate of drug-likeness (QED) is 0.887.